The number of hydrogen-bond acceptors (Lipinski definition) is 8. The minimum Gasteiger partial charge on any atom is -0.490 e. The summed E-state index contributed by atoms with van der Waals surface area (Å²) in [6.07, 6.45) is 5.19. The second-order valence-corrected chi connectivity index (χ2v) is 11.0. The van der Waals surface area contributed by atoms with Gasteiger partial charge in [-0.25, -0.2) is 4.79 Å². The fraction of sp³-hybridized carbons (Fsp3) is 0.567. The van der Waals surface area contributed by atoms with Gasteiger partial charge in [0, 0.05) is 25.8 Å². The van der Waals surface area contributed by atoms with Gasteiger partial charge < -0.3 is 30.2 Å². The molecule has 3 rings (SSSR count). The van der Waals surface area contributed by atoms with E-state index in [1.54, 1.807) is 32.9 Å². The van der Waals surface area contributed by atoms with Crippen LogP contribution in [0.15, 0.2) is 36.4 Å². The molecule has 0 radical (unpaired) electrons. The summed E-state index contributed by atoms with van der Waals surface area (Å²) in [7, 11) is 0. The smallest absolute Gasteiger partial charge is 0.407 e. The molecule has 2 aliphatic heterocycles. The molecule has 0 saturated carbocycles. The molecule has 11 heteroatoms. The zero-order valence-corrected chi connectivity index (χ0v) is 24.4. The minimum atomic E-state index is -0.810. The van der Waals surface area contributed by atoms with Crippen LogP contribution in [0, 0.1) is 5.92 Å². The quantitative estimate of drug-likeness (QED) is 0.232. The van der Waals surface area contributed by atoms with Gasteiger partial charge in [0.05, 0.1) is 12.1 Å². The highest BCUT2D eigenvalue weighted by Crippen LogP contribution is 2.19. The summed E-state index contributed by atoms with van der Waals surface area (Å²) in [6, 6.07) is 5.97. The maximum Gasteiger partial charge on any atom is 0.407 e. The summed E-state index contributed by atoms with van der Waals surface area (Å²) in [5.41, 5.74) is 0.231. The zero-order valence-electron chi connectivity index (χ0n) is 24.4. The number of Topliss-reactive ketones (excluding diaryl/α,β-unsaturated/α-hetero) is 1. The van der Waals surface area contributed by atoms with Crippen LogP contribution in [0.25, 0.3) is 0 Å². The third kappa shape index (κ3) is 13.8. The highest BCUT2D eigenvalue weighted by molar-refractivity contribution is 5.92. The molecular weight excluding hydrogens is 530 g/mol. The molecule has 1 aromatic rings. The third-order valence-corrected chi connectivity index (χ3v) is 6.24. The van der Waals surface area contributed by atoms with Crippen LogP contribution in [0.5, 0.6) is 5.75 Å². The van der Waals surface area contributed by atoms with Crippen molar-refractivity contribution < 1.29 is 38.2 Å². The van der Waals surface area contributed by atoms with Crippen molar-refractivity contribution in [3.8, 4) is 5.75 Å². The van der Waals surface area contributed by atoms with Crippen molar-refractivity contribution in [2.24, 2.45) is 5.92 Å². The van der Waals surface area contributed by atoms with Crippen LogP contribution in [0.4, 0.5) is 4.79 Å². The van der Waals surface area contributed by atoms with Gasteiger partial charge in [-0.2, -0.15) is 0 Å². The number of carbonyl (C=O) groups is 5. The molecule has 0 aliphatic carbocycles. The molecule has 0 aromatic heterocycles. The molecule has 3 atom stereocenters. The summed E-state index contributed by atoms with van der Waals surface area (Å²) in [5, 5.41) is 8.33. The number of ketones is 1. The molecule has 0 spiro atoms. The Morgan fingerprint density at radius 3 is 2.49 bits per heavy atom. The van der Waals surface area contributed by atoms with E-state index in [9.17, 15) is 24.0 Å². The molecule has 0 fully saturated rings. The van der Waals surface area contributed by atoms with Crippen LogP contribution in [0.1, 0.15) is 65.4 Å². The first-order valence-electron chi connectivity index (χ1n) is 14.0. The van der Waals surface area contributed by atoms with Crippen molar-refractivity contribution in [2.45, 2.75) is 83.9 Å². The highest BCUT2D eigenvalue weighted by atomic mass is 16.6. The van der Waals surface area contributed by atoms with E-state index in [1.165, 1.54) is 6.92 Å². The zero-order chi connectivity index (χ0) is 30.3. The van der Waals surface area contributed by atoms with E-state index in [2.05, 4.69) is 16.0 Å². The molecule has 2 heterocycles. The predicted octanol–water partition coefficient (Wildman–Crippen LogP) is 3.00. The van der Waals surface area contributed by atoms with E-state index >= 15 is 0 Å². The van der Waals surface area contributed by atoms with Gasteiger partial charge >= 0.3 is 6.09 Å². The van der Waals surface area contributed by atoms with Crippen molar-refractivity contribution in [3.05, 3.63) is 42.0 Å². The Morgan fingerprint density at radius 1 is 1.10 bits per heavy atom. The molecule has 11 nitrogen and oxygen atoms in total. The maximum absolute atomic E-state index is 13.5. The lowest BCUT2D eigenvalue weighted by atomic mass is 9.90. The molecule has 0 unspecified atom stereocenters. The largest absolute Gasteiger partial charge is 0.490 e. The summed E-state index contributed by atoms with van der Waals surface area (Å²) >= 11 is 0. The normalized spacial score (nSPS) is 20.2. The van der Waals surface area contributed by atoms with Crippen molar-refractivity contribution in [3.63, 3.8) is 0 Å². The van der Waals surface area contributed by atoms with Gasteiger partial charge in [-0.3, -0.25) is 19.2 Å². The van der Waals surface area contributed by atoms with Gasteiger partial charge in [0.1, 0.15) is 24.6 Å². The number of hydrogen-bond donors (Lipinski definition) is 3. The molecule has 3 amide bonds. The van der Waals surface area contributed by atoms with Gasteiger partial charge in [0.2, 0.25) is 11.8 Å². The maximum atomic E-state index is 13.5. The average Bonchev–Trinajstić information content (AvgIpc) is 2.89. The van der Waals surface area contributed by atoms with Gasteiger partial charge in [-0.1, -0.05) is 30.7 Å². The lowest BCUT2D eigenvalue weighted by Gasteiger charge is -2.24. The van der Waals surface area contributed by atoms with Gasteiger partial charge in [-0.05, 0) is 64.2 Å². The first-order chi connectivity index (χ1) is 19.5. The van der Waals surface area contributed by atoms with Crippen molar-refractivity contribution in [1.29, 1.82) is 0 Å². The summed E-state index contributed by atoms with van der Waals surface area (Å²) < 4.78 is 15.9. The Hall–Kier alpha value is -3.89. The van der Waals surface area contributed by atoms with E-state index in [-0.39, 0.29) is 37.0 Å². The number of unbranched alkanes of at least 4 members (excludes halogenated alkanes) is 1. The van der Waals surface area contributed by atoms with E-state index in [0.29, 0.717) is 51.1 Å². The third-order valence-electron chi connectivity index (χ3n) is 6.24. The van der Waals surface area contributed by atoms with Crippen molar-refractivity contribution in [1.82, 2.24) is 16.0 Å². The number of benzene rings is 1. The molecule has 41 heavy (non-hydrogen) atoms. The standard InChI is InChI=1S/C30H43N3O8/c1-21(35)32-26-17-22-11-13-25(14-12-22)40-16-8-6-10-24(19-39-20-34)33-28(37)23(18-27(26)36)9-5-7-15-31-29(38)41-30(2,3)4/h6,8,11-14,20,23-24,26H,5,7,9-10,15-19H2,1-4H3,(H,31,38)(H,32,35)(H,33,37)/t23-,24-,26-/m0/s1. The van der Waals surface area contributed by atoms with Crippen LogP contribution in [0.3, 0.4) is 0 Å². The van der Waals surface area contributed by atoms with E-state index in [1.807, 2.05) is 24.3 Å². The number of rotatable bonds is 9. The topological polar surface area (TPSA) is 149 Å². The fourth-order valence-corrected chi connectivity index (χ4v) is 4.30. The van der Waals surface area contributed by atoms with Gasteiger partial charge in [0.25, 0.3) is 6.47 Å². The highest BCUT2D eigenvalue weighted by Gasteiger charge is 2.28. The Balaban J connectivity index is 2.19. The first-order valence-corrected chi connectivity index (χ1v) is 14.0. The van der Waals surface area contributed by atoms with Crippen molar-refractivity contribution >= 4 is 30.2 Å². The van der Waals surface area contributed by atoms with Gasteiger partial charge in [-0.15, -0.1) is 0 Å². The van der Waals surface area contributed by atoms with Crippen LogP contribution in [-0.4, -0.2) is 67.6 Å². The second-order valence-electron chi connectivity index (χ2n) is 11.0. The van der Waals surface area contributed by atoms with E-state index < -0.39 is 29.7 Å². The van der Waals surface area contributed by atoms with Crippen LogP contribution >= 0.6 is 0 Å². The minimum absolute atomic E-state index is 0.0312. The Bertz CT molecular complexity index is 1050. The van der Waals surface area contributed by atoms with E-state index in [0.717, 1.165) is 5.56 Å². The number of amides is 3. The number of ether oxygens (including phenoxy) is 3. The Labute approximate surface area is 241 Å². The summed E-state index contributed by atoms with van der Waals surface area (Å²) in [5.74, 6) is -1.000. The summed E-state index contributed by atoms with van der Waals surface area (Å²) in [4.78, 5) is 61.5. The van der Waals surface area contributed by atoms with Crippen LogP contribution < -0.4 is 20.7 Å². The lowest BCUT2D eigenvalue weighted by molar-refractivity contribution is -0.134. The lowest BCUT2D eigenvalue weighted by Crippen LogP contribution is -2.45. The SMILES string of the molecule is CC(=O)N[C@H]1Cc2ccc(cc2)OCC=CC[C@@H](COC=O)NC(=O)[C@@H](CCCCNC(=O)OC(C)(C)C)CC1=O. The van der Waals surface area contributed by atoms with Crippen molar-refractivity contribution in [2.75, 3.05) is 19.8 Å². The average molecular weight is 574 g/mol. The van der Waals surface area contributed by atoms with Crippen LogP contribution in [-0.2, 0) is 35.1 Å². The molecule has 0 saturated heterocycles. The molecule has 2 bridgehead atoms. The molecule has 3 N–H and O–H groups in total. The summed E-state index contributed by atoms with van der Waals surface area (Å²) in [6.45, 7) is 7.63. The molecule has 1 aromatic carbocycles. The van der Waals surface area contributed by atoms with Gasteiger partial charge in [0.15, 0.2) is 5.78 Å². The molecule has 226 valence electrons. The van der Waals surface area contributed by atoms with E-state index in [4.69, 9.17) is 14.2 Å². The Morgan fingerprint density at radius 2 is 1.83 bits per heavy atom. The Kier molecular flexibility index (Phi) is 13.8. The first kappa shape index (κ1) is 33.3. The second kappa shape index (κ2) is 17.0. The predicted molar refractivity (Wildman–Crippen MR) is 152 cm³/mol. The molecule has 2 aliphatic rings. The number of nitrogens with one attached hydrogen (secondary N) is 3. The number of alkyl carbamates (subject to hydrolysis) is 1. The number of fused-ring (bicyclic) bond motifs is 13. The number of carbonyl (C=O) groups excluding carboxylic acids is 5. The monoisotopic (exact) mass is 573 g/mol. The molecular formula is C30H43N3O8. The fourth-order valence-electron chi connectivity index (χ4n) is 4.30. The van der Waals surface area contributed by atoms with Crippen LogP contribution in [0.2, 0.25) is 0 Å².